The Labute approximate surface area is 166 Å². The second-order valence-corrected chi connectivity index (χ2v) is 7.80. The van der Waals surface area contributed by atoms with Gasteiger partial charge in [-0.2, -0.15) is 0 Å². The summed E-state index contributed by atoms with van der Waals surface area (Å²) in [5.74, 6) is -0.730. The number of hydrogen-bond acceptors (Lipinski definition) is 4. The fourth-order valence-electron chi connectivity index (χ4n) is 3.48. The Morgan fingerprint density at radius 2 is 0.926 bits per heavy atom. The number of hydrogen-bond donors (Lipinski definition) is 0. The second kappa shape index (κ2) is 21.2. The average Bonchev–Trinajstić information content (AvgIpc) is 2.63. The maximum Gasteiger partial charge on any atom is 0.303 e. The van der Waals surface area contributed by atoms with Gasteiger partial charge in [-0.15, -0.1) is 10.1 Å². The highest BCUT2D eigenvalue weighted by atomic mass is 17.0. The average molecular weight is 386 g/mol. The van der Waals surface area contributed by atoms with Crippen molar-refractivity contribution in [1.82, 2.24) is 0 Å². The highest BCUT2D eigenvalue weighted by molar-refractivity contribution is 5.68. The van der Waals surface area contributed by atoms with E-state index in [9.17, 15) is 14.9 Å². The monoisotopic (exact) mass is 385 g/mol. The van der Waals surface area contributed by atoms with Gasteiger partial charge in [0.25, 0.3) is 0 Å². The summed E-state index contributed by atoms with van der Waals surface area (Å²) >= 11 is 0. The Morgan fingerprint density at radius 3 is 1.22 bits per heavy atom. The van der Waals surface area contributed by atoms with Crippen LogP contribution < -0.4 is 0 Å². The second-order valence-electron chi connectivity index (χ2n) is 7.80. The lowest BCUT2D eigenvalue weighted by Crippen LogP contribution is -2.09. The summed E-state index contributed by atoms with van der Waals surface area (Å²) in [5, 5.41) is 8.94. The molecule has 0 saturated heterocycles. The molecule has 0 unspecified atom stereocenters. The molecule has 0 fully saturated rings. The summed E-state index contributed by atoms with van der Waals surface area (Å²) in [5.41, 5.74) is 0. The zero-order valence-corrected chi connectivity index (χ0v) is 17.7. The van der Waals surface area contributed by atoms with Gasteiger partial charge >= 0.3 is 11.1 Å². The van der Waals surface area contributed by atoms with Crippen molar-refractivity contribution in [3.05, 3.63) is 10.1 Å². The molecule has 0 N–H and O–H groups in total. The van der Waals surface area contributed by atoms with E-state index in [4.69, 9.17) is 0 Å². The molecular formula is C22H43NO4. The van der Waals surface area contributed by atoms with Crippen molar-refractivity contribution in [1.29, 1.82) is 0 Å². The van der Waals surface area contributed by atoms with Crippen LogP contribution in [0.5, 0.6) is 0 Å². The smallest absolute Gasteiger partial charge is 0.268 e. The van der Waals surface area contributed by atoms with Crippen LogP contribution in [0.1, 0.15) is 135 Å². The first-order valence-electron chi connectivity index (χ1n) is 11.5. The molecule has 0 aromatic rings. The van der Waals surface area contributed by atoms with Gasteiger partial charge in [-0.25, -0.2) is 4.84 Å². The standard InChI is InChI=1S/C22H43NO4/c1-2-3-4-5-6-7-8-9-10-11-12-13-14-15-16-17-18-19-20-21-22(24)27-23(25)26/h2-21H2,1H3. The normalized spacial score (nSPS) is 10.9. The molecule has 0 aromatic carbocycles. The van der Waals surface area contributed by atoms with Crippen LogP contribution in [0.4, 0.5) is 0 Å². The molecule has 0 aliphatic rings. The molecule has 0 saturated carbocycles. The molecule has 0 atom stereocenters. The van der Waals surface area contributed by atoms with Gasteiger partial charge in [0.1, 0.15) is 0 Å². The lowest BCUT2D eigenvalue weighted by Gasteiger charge is -2.04. The predicted molar refractivity (Wildman–Crippen MR) is 111 cm³/mol. The van der Waals surface area contributed by atoms with Crippen LogP contribution in [-0.4, -0.2) is 11.1 Å². The molecule has 0 rings (SSSR count). The SMILES string of the molecule is CCCCCCCCCCCCCCCCCCCCCC(=O)O[N+](=O)[O-]. The minimum Gasteiger partial charge on any atom is -0.268 e. The third-order valence-electron chi connectivity index (χ3n) is 5.16. The summed E-state index contributed by atoms with van der Waals surface area (Å²) in [6.45, 7) is 2.27. The quantitative estimate of drug-likeness (QED) is 0.116. The maximum absolute atomic E-state index is 11.0. The fraction of sp³-hybridized carbons (Fsp3) is 0.955. The number of nitrogens with zero attached hydrogens (tertiary/aromatic N) is 1. The topological polar surface area (TPSA) is 69.4 Å². The maximum atomic E-state index is 11.0. The molecule has 0 aliphatic carbocycles. The Balaban J connectivity index is 3.07. The van der Waals surface area contributed by atoms with Gasteiger partial charge in [0, 0.05) is 6.42 Å². The molecule has 0 spiro atoms. The Bertz CT molecular complexity index is 347. The largest absolute Gasteiger partial charge is 0.303 e. The molecule has 0 aromatic heterocycles. The van der Waals surface area contributed by atoms with Crippen LogP contribution in [0.25, 0.3) is 0 Å². The van der Waals surface area contributed by atoms with Gasteiger partial charge in [-0.1, -0.05) is 122 Å². The number of unbranched alkanes of at least 4 members (excludes halogenated alkanes) is 18. The lowest BCUT2D eigenvalue weighted by molar-refractivity contribution is -0.729. The van der Waals surface area contributed by atoms with Gasteiger partial charge in [0.2, 0.25) is 0 Å². The van der Waals surface area contributed by atoms with Crippen molar-refractivity contribution in [2.24, 2.45) is 0 Å². The number of rotatable bonds is 21. The van der Waals surface area contributed by atoms with E-state index in [0.717, 1.165) is 12.8 Å². The van der Waals surface area contributed by atoms with Crippen LogP contribution in [0.2, 0.25) is 0 Å². The summed E-state index contributed by atoms with van der Waals surface area (Å²) in [7, 11) is 0. The van der Waals surface area contributed by atoms with E-state index in [1.165, 1.54) is 103 Å². The van der Waals surface area contributed by atoms with Crippen LogP contribution in [0, 0.1) is 10.1 Å². The molecule has 27 heavy (non-hydrogen) atoms. The molecule has 0 amide bonds. The first kappa shape index (κ1) is 25.9. The summed E-state index contributed by atoms with van der Waals surface area (Å²) < 4.78 is 0. The van der Waals surface area contributed by atoms with Crippen molar-refractivity contribution in [2.45, 2.75) is 135 Å². The van der Waals surface area contributed by atoms with E-state index in [1.807, 2.05) is 0 Å². The van der Waals surface area contributed by atoms with Gasteiger partial charge in [0.15, 0.2) is 0 Å². The number of carbonyl (C=O) groups is 1. The van der Waals surface area contributed by atoms with Gasteiger partial charge in [-0.05, 0) is 6.42 Å². The summed E-state index contributed by atoms with van der Waals surface area (Å²) in [4.78, 5) is 24.8. The van der Waals surface area contributed by atoms with Crippen molar-refractivity contribution < 1.29 is 14.7 Å². The van der Waals surface area contributed by atoms with E-state index >= 15 is 0 Å². The highest BCUT2D eigenvalue weighted by Gasteiger charge is 2.06. The van der Waals surface area contributed by atoms with Crippen LogP contribution >= 0.6 is 0 Å². The zero-order valence-electron chi connectivity index (χ0n) is 17.7. The Hall–Kier alpha value is -1.13. The third-order valence-corrected chi connectivity index (χ3v) is 5.16. The summed E-state index contributed by atoms with van der Waals surface area (Å²) in [6, 6.07) is 0. The van der Waals surface area contributed by atoms with E-state index in [-0.39, 0.29) is 6.42 Å². The van der Waals surface area contributed by atoms with Crippen molar-refractivity contribution >= 4 is 5.97 Å². The van der Waals surface area contributed by atoms with Gasteiger partial charge < -0.3 is 0 Å². The third kappa shape index (κ3) is 22.8. The minimum absolute atomic E-state index is 0.153. The molecule has 0 bridgehead atoms. The Kier molecular flexibility index (Phi) is 20.3. The van der Waals surface area contributed by atoms with E-state index in [1.54, 1.807) is 0 Å². The van der Waals surface area contributed by atoms with E-state index in [2.05, 4.69) is 11.8 Å². The predicted octanol–water partition coefficient (Wildman–Crippen LogP) is 7.54. The van der Waals surface area contributed by atoms with Gasteiger partial charge in [-0.3, -0.25) is 4.79 Å². The van der Waals surface area contributed by atoms with Crippen LogP contribution in [0.15, 0.2) is 0 Å². The molecule has 5 nitrogen and oxygen atoms in total. The highest BCUT2D eigenvalue weighted by Crippen LogP contribution is 2.14. The molecular weight excluding hydrogens is 342 g/mol. The van der Waals surface area contributed by atoms with E-state index in [0.29, 0.717) is 6.42 Å². The van der Waals surface area contributed by atoms with Gasteiger partial charge in [0.05, 0.1) is 0 Å². The van der Waals surface area contributed by atoms with E-state index < -0.39 is 11.1 Å². The first-order chi connectivity index (χ1) is 13.2. The minimum atomic E-state index is -1.03. The molecule has 0 radical (unpaired) electrons. The first-order valence-corrected chi connectivity index (χ1v) is 11.5. The van der Waals surface area contributed by atoms with Crippen LogP contribution in [-0.2, 0) is 9.63 Å². The summed E-state index contributed by atoms with van der Waals surface area (Å²) in [6.07, 6.45) is 24.9. The van der Waals surface area contributed by atoms with Crippen molar-refractivity contribution in [3.8, 4) is 0 Å². The lowest BCUT2D eigenvalue weighted by atomic mass is 10.0. The van der Waals surface area contributed by atoms with Crippen molar-refractivity contribution in [3.63, 3.8) is 0 Å². The molecule has 5 heteroatoms. The van der Waals surface area contributed by atoms with Crippen LogP contribution in [0.3, 0.4) is 0 Å². The Morgan fingerprint density at radius 1 is 0.630 bits per heavy atom. The molecule has 160 valence electrons. The molecule has 0 aliphatic heterocycles. The zero-order chi connectivity index (χ0) is 20.0. The fourth-order valence-corrected chi connectivity index (χ4v) is 3.48. The van der Waals surface area contributed by atoms with Crippen molar-refractivity contribution in [2.75, 3.05) is 0 Å². The molecule has 0 heterocycles. The number of carbonyl (C=O) groups excluding carboxylic acids is 1.